The first-order valence-corrected chi connectivity index (χ1v) is 6.78. The number of alkyl carbamates (subject to hydrolysis) is 1. The first-order chi connectivity index (χ1) is 9.31. The smallest absolute Gasteiger partial charge is 0.407 e. The van der Waals surface area contributed by atoms with Crippen molar-refractivity contribution in [2.45, 2.75) is 39.7 Å². The third-order valence-electron chi connectivity index (χ3n) is 2.84. The molecule has 1 aromatic rings. The summed E-state index contributed by atoms with van der Waals surface area (Å²) in [6, 6.07) is 7.93. The summed E-state index contributed by atoms with van der Waals surface area (Å²) in [4.78, 5) is 22.7. The summed E-state index contributed by atoms with van der Waals surface area (Å²) in [6.07, 6.45) is 1.00. The van der Waals surface area contributed by atoms with Crippen LogP contribution in [0.4, 0.5) is 4.79 Å². The Kier molecular flexibility index (Phi) is 5.74. The maximum Gasteiger partial charge on any atom is 0.407 e. The predicted octanol–water partition coefficient (Wildman–Crippen LogP) is 2.88. The van der Waals surface area contributed by atoms with Crippen LogP contribution in [0.5, 0.6) is 0 Å². The average Bonchev–Trinajstić information content (AvgIpc) is 2.34. The number of carbonyl (C=O) groups is 2. The maximum absolute atomic E-state index is 11.5. The second-order valence-electron chi connectivity index (χ2n) is 5.91. The van der Waals surface area contributed by atoms with Crippen molar-refractivity contribution in [3.63, 3.8) is 0 Å². The molecule has 1 amide bonds. The number of aldehydes is 1. The zero-order valence-corrected chi connectivity index (χ0v) is 12.6. The van der Waals surface area contributed by atoms with E-state index in [1.54, 1.807) is 20.8 Å². The van der Waals surface area contributed by atoms with Crippen molar-refractivity contribution in [2.24, 2.45) is 5.92 Å². The molecule has 0 bridgehead atoms. The van der Waals surface area contributed by atoms with Gasteiger partial charge in [0.05, 0.1) is 0 Å². The van der Waals surface area contributed by atoms with Crippen LogP contribution >= 0.6 is 0 Å². The van der Waals surface area contributed by atoms with E-state index in [-0.39, 0.29) is 12.5 Å². The van der Waals surface area contributed by atoms with E-state index >= 15 is 0 Å². The Morgan fingerprint density at radius 3 is 2.55 bits per heavy atom. The van der Waals surface area contributed by atoms with Crippen molar-refractivity contribution in [1.82, 2.24) is 5.32 Å². The van der Waals surface area contributed by atoms with E-state index in [0.29, 0.717) is 6.42 Å². The largest absolute Gasteiger partial charge is 0.444 e. The zero-order valence-electron chi connectivity index (χ0n) is 12.6. The van der Waals surface area contributed by atoms with Gasteiger partial charge in [-0.3, -0.25) is 0 Å². The molecule has 0 saturated carbocycles. The number of hydrogen-bond acceptors (Lipinski definition) is 3. The molecular formula is C16H23NO3. The van der Waals surface area contributed by atoms with Crippen molar-refractivity contribution in [3.05, 3.63) is 35.4 Å². The zero-order chi connectivity index (χ0) is 15.2. The van der Waals surface area contributed by atoms with Gasteiger partial charge in [0.15, 0.2) is 0 Å². The van der Waals surface area contributed by atoms with Crippen LogP contribution in [-0.2, 0) is 16.0 Å². The lowest BCUT2D eigenvalue weighted by molar-refractivity contribution is -0.110. The number of hydrogen-bond donors (Lipinski definition) is 1. The molecule has 0 aromatic heterocycles. The van der Waals surface area contributed by atoms with Crippen LogP contribution in [0.15, 0.2) is 24.3 Å². The van der Waals surface area contributed by atoms with Gasteiger partial charge in [0.1, 0.15) is 11.9 Å². The molecule has 0 heterocycles. The van der Waals surface area contributed by atoms with Crippen molar-refractivity contribution >= 4 is 12.4 Å². The number of aryl methyl sites for hydroxylation is 1. The summed E-state index contributed by atoms with van der Waals surface area (Å²) < 4.78 is 5.14. The van der Waals surface area contributed by atoms with Gasteiger partial charge >= 0.3 is 6.09 Å². The highest BCUT2D eigenvalue weighted by molar-refractivity contribution is 5.68. The highest BCUT2D eigenvalue weighted by atomic mass is 16.6. The lowest BCUT2D eigenvalue weighted by Gasteiger charge is -2.20. The summed E-state index contributed by atoms with van der Waals surface area (Å²) >= 11 is 0. The van der Waals surface area contributed by atoms with Gasteiger partial charge in [-0.15, -0.1) is 0 Å². The Balaban J connectivity index is 2.50. The highest BCUT2D eigenvalue weighted by Gasteiger charge is 2.17. The molecule has 0 aliphatic heterocycles. The lowest BCUT2D eigenvalue weighted by Crippen LogP contribution is -2.36. The minimum atomic E-state index is -0.531. The molecule has 1 atom stereocenters. The molecule has 0 aliphatic carbocycles. The molecule has 1 N–H and O–H groups in total. The number of benzene rings is 1. The third-order valence-corrected chi connectivity index (χ3v) is 2.84. The fraction of sp³-hybridized carbons (Fsp3) is 0.500. The highest BCUT2D eigenvalue weighted by Crippen LogP contribution is 2.12. The fourth-order valence-electron chi connectivity index (χ4n) is 1.82. The molecule has 4 heteroatoms. The lowest BCUT2D eigenvalue weighted by atomic mass is 9.97. The molecule has 1 rings (SSSR count). The summed E-state index contributed by atoms with van der Waals surface area (Å²) in [6.45, 7) is 7.70. The van der Waals surface area contributed by atoms with Crippen LogP contribution in [0.25, 0.3) is 0 Å². The van der Waals surface area contributed by atoms with Crippen LogP contribution in [0.2, 0.25) is 0 Å². The van der Waals surface area contributed by atoms with E-state index in [2.05, 4.69) is 5.32 Å². The van der Waals surface area contributed by atoms with Crippen LogP contribution in [0.3, 0.4) is 0 Å². The number of carbonyl (C=O) groups excluding carboxylic acids is 2. The Bertz CT molecular complexity index is 463. The summed E-state index contributed by atoms with van der Waals surface area (Å²) in [7, 11) is 0. The van der Waals surface area contributed by atoms with E-state index < -0.39 is 11.7 Å². The van der Waals surface area contributed by atoms with Crippen LogP contribution in [0, 0.1) is 12.8 Å². The van der Waals surface area contributed by atoms with Crippen molar-refractivity contribution in [1.29, 1.82) is 0 Å². The number of rotatable bonds is 5. The number of nitrogens with one attached hydrogen (secondary N) is 1. The van der Waals surface area contributed by atoms with Gasteiger partial charge in [0.25, 0.3) is 0 Å². The second-order valence-corrected chi connectivity index (χ2v) is 5.91. The molecule has 0 radical (unpaired) electrons. The standard InChI is InChI=1S/C16H23NO3/c1-12-7-5-6-8-14(12)9-13(11-18)10-17-15(19)20-16(2,3)4/h5-8,11,13H,9-10H2,1-4H3,(H,17,19). The quantitative estimate of drug-likeness (QED) is 0.842. The predicted molar refractivity (Wildman–Crippen MR) is 78.7 cm³/mol. The van der Waals surface area contributed by atoms with E-state index in [0.717, 1.165) is 17.4 Å². The first kappa shape index (κ1) is 16.2. The monoisotopic (exact) mass is 277 g/mol. The molecule has 0 aliphatic rings. The molecule has 0 fully saturated rings. The average molecular weight is 277 g/mol. The van der Waals surface area contributed by atoms with E-state index in [4.69, 9.17) is 4.74 Å². The SMILES string of the molecule is Cc1ccccc1CC(C=O)CNC(=O)OC(C)(C)C. The van der Waals surface area contributed by atoms with Crippen molar-refractivity contribution < 1.29 is 14.3 Å². The van der Waals surface area contributed by atoms with Gasteiger partial charge < -0.3 is 14.8 Å². The van der Waals surface area contributed by atoms with Gasteiger partial charge in [-0.05, 0) is 45.2 Å². The molecule has 4 nitrogen and oxygen atoms in total. The van der Waals surface area contributed by atoms with Crippen molar-refractivity contribution in [3.8, 4) is 0 Å². The number of amides is 1. The summed E-state index contributed by atoms with van der Waals surface area (Å²) in [5.41, 5.74) is 1.74. The van der Waals surface area contributed by atoms with Gasteiger partial charge in [-0.25, -0.2) is 4.79 Å². The molecule has 1 unspecified atom stereocenters. The minimum absolute atomic E-state index is 0.247. The molecule has 0 spiro atoms. The van der Waals surface area contributed by atoms with E-state index in [1.807, 2.05) is 31.2 Å². The molecule has 0 saturated heterocycles. The van der Waals surface area contributed by atoms with Gasteiger partial charge in [0.2, 0.25) is 0 Å². The Morgan fingerprint density at radius 1 is 1.35 bits per heavy atom. The summed E-state index contributed by atoms with van der Waals surface area (Å²) in [5.74, 6) is -0.247. The Morgan fingerprint density at radius 2 is 2.00 bits per heavy atom. The third kappa shape index (κ3) is 5.87. The van der Waals surface area contributed by atoms with Crippen molar-refractivity contribution in [2.75, 3.05) is 6.54 Å². The molecular weight excluding hydrogens is 254 g/mol. The van der Waals surface area contributed by atoms with E-state index in [1.165, 1.54) is 0 Å². The fourth-order valence-corrected chi connectivity index (χ4v) is 1.82. The Labute approximate surface area is 120 Å². The van der Waals surface area contributed by atoms with Crippen LogP contribution in [-0.4, -0.2) is 24.5 Å². The Hall–Kier alpha value is -1.84. The molecule has 1 aromatic carbocycles. The normalized spacial score (nSPS) is 12.6. The minimum Gasteiger partial charge on any atom is -0.444 e. The topological polar surface area (TPSA) is 55.4 Å². The van der Waals surface area contributed by atoms with Crippen LogP contribution in [0.1, 0.15) is 31.9 Å². The first-order valence-electron chi connectivity index (χ1n) is 6.78. The molecule has 20 heavy (non-hydrogen) atoms. The van der Waals surface area contributed by atoms with Gasteiger partial charge in [-0.1, -0.05) is 24.3 Å². The van der Waals surface area contributed by atoms with Crippen LogP contribution < -0.4 is 5.32 Å². The van der Waals surface area contributed by atoms with Gasteiger partial charge in [-0.2, -0.15) is 0 Å². The van der Waals surface area contributed by atoms with E-state index in [9.17, 15) is 9.59 Å². The number of ether oxygens (including phenoxy) is 1. The summed E-state index contributed by atoms with van der Waals surface area (Å²) in [5, 5.41) is 2.64. The second kappa shape index (κ2) is 7.08. The maximum atomic E-state index is 11.5. The molecule has 110 valence electrons. The van der Waals surface area contributed by atoms with Gasteiger partial charge in [0, 0.05) is 12.5 Å².